The van der Waals surface area contributed by atoms with E-state index in [0.29, 0.717) is 42.6 Å². The summed E-state index contributed by atoms with van der Waals surface area (Å²) in [6, 6.07) is 9.36. The van der Waals surface area contributed by atoms with Gasteiger partial charge in [-0.2, -0.15) is 0 Å². The molecule has 0 radical (unpaired) electrons. The molecule has 5 nitrogen and oxygen atoms in total. The molecule has 0 spiro atoms. The van der Waals surface area contributed by atoms with Gasteiger partial charge in [-0.3, -0.25) is 4.79 Å². The van der Waals surface area contributed by atoms with Crippen LogP contribution in [0.2, 0.25) is 5.02 Å². The molecule has 2 N–H and O–H groups in total. The van der Waals surface area contributed by atoms with Crippen LogP contribution in [0.25, 0.3) is 0 Å². The van der Waals surface area contributed by atoms with Gasteiger partial charge in [-0.15, -0.1) is 0 Å². The first kappa shape index (κ1) is 20.3. The molecule has 3 rings (SSSR count). The summed E-state index contributed by atoms with van der Waals surface area (Å²) in [5.74, 6) is 0.657. The molecule has 0 bridgehead atoms. The fourth-order valence-electron chi connectivity index (χ4n) is 3.14. The minimum atomic E-state index is -0.0315. The summed E-state index contributed by atoms with van der Waals surface area (Å²) in [7, 11) is 0. The molecule has 8 heteroatoms. The van der Waals surface area contributed by atoms with E-state index in [9.17, 15) is 4.79 Å². The molecule has 144 valence electrons. The number of hydrogen-bond acceptors (Lipinski definition) is 4. The minimum absolute atomic E-state index is 0.00923. The number of anilines is 2. The molecule has 1 amide bonds. The number of nitrogen functional groups attached to an aromatic ring is 1. The Labute approximate surface area is 180 Å². The molecule has 2 aromatic carbocycles. The highest BCUT2D eigenvalue weighted by atomic mass is 79.9. The zero-order valence-electron chi connectivity index (χ0n) is 14.8. The third-order valence-electron chi connectivity index (χ3n) is 4.50. The molecule has 0 aromatic heterocycles. The second-order valence-electron chi connectivity index (χ2n) is 6.37. The third-order valence-corrected chi connectivity index (χ3v) is 5.85. The van der Waals surface area contributed by atoms with Gasteiger partial charge >= 0.3 is 0 Å². The molecule has 1 fully saturated rings. The zero-order valence-corrected chi connectivity index (χ0v) is 18.8. The highest BCUT2D eigenvalue weighted by Gasteiger charge is 2.24. The SMILES string of the molecule is Cc1cc(Br)cc(Br)c1OCC(=O)N1CCN(c2c(N)cccc2Cl)CC1. The first-order valence-corrected chi connectivity index (χ1v) is 10.5. The van der Waals surface area contributed by atoms with Crippen LogP contribution in [-0.2, 0) is 4.79 Å². The highest BCUT2D eigenvalue weighted by molar-refractivity contribution is 9.11. The van der Waals surface area contributed by atoms with Crippen molar-refractivity contribution >= 4 is 60.7 Å². The van der Waals surface area contributed by atoms with Gasteiger partial charge in [0.15, 0.2) is 6.61 Å². The van der Waals surface area contributed by atoms with Gasteiger partial charge in [0.25, 0.3) is 5.91 Å². The number of carbonyl (C=O) groups excluding carboxylic acids is 1. The van der Waals surface area contributed by atoms with Gasteiger partial charge in [0.1, 0.15) is 5.75 Å². The number of benzene rings is 2. The molecule has 1 aliphatic heterocycles. The predicted octanol–water partition coefficient (Wildman–Crippen LogP) is 4.48. The Balaban J connectivity index is 1.58. The standard InChI is InChI=1S/C19H20Br2ClN3O2/c1-12-9-13(20)10-14(21)19(12)27-11-17(26)24-5-7-25(8-6-24)18-15(22)3-2-4-16(18)23/h2-4,9-10H,5-8,11,23H2,1H3. The number of hydrogen-bond donors (Lipinski definition) is 1. The molecule has 0 saturated carbocycles. The largest absolute Gasteiger partial charge is 0.482 e. The maximum atomic E-state index is 12.5. The normalized spacial score (nSPS) is 14.4. The van der Waals surface area contributed by atoms with Crippen LogP contribution in [0.5, 0.6) is 5.75 Å². The van der Waals surface area contributed by atoms with E-state index in [1.807, 2.05) is 42.2 Å². The molecule has 27 heavy (non-hydrogen) atoms. The van der Waals surface area contributed by atoms with Crippen LogP contribution in [0.3, 0.4) is 0 Å². The van der Waals surface area contributed by atoms with Crippen LogP contribution in [0.4, 0.5) is 11.4 Å². The number of aryl methyl sites for hydroxylation is 1. The summed E-state index contributed by atoms with van der Waals surface area (Å²) in [5.41, 5.74) is 8.52. The summed E-state index contributed by atoms with van der Waals surface area (Å²) in [5, 5.41) is 0.633. The molecule has 0 unspecified atom stereocenters. The van der Waals surface area contributed by atoms with E-state index in [-0.39, 0.29) is 12.5 Å². The van der Waals surface area contributed by atoms with Crippen LogP contribution in [-0.4, -0.2) is 43.6 Å². The maximum Gasteiger partial charge on any atom is 0.260 e. The Kier molecular flexibility index (Phi) is 6.55. The first-order valence-electron chi connectivity index (χ1n) is 8.52. The van der Waals surface area contributed by atoms with Crippen molar-refractivity contribution in [2.45, 2.75) is 6.92 Å². The van der Waals surface area contributed by atoms with Gasteiger partial charge in [-0.25, -0.2) is 0 Å². The van der Waals surface area contributed by atoms with Crippen molar-refractivity contribution in [3.63, 3.8) is 0 Å². The van der Waals surface area contributed by atoms with E-state index in [1.54, 1.807) is 0 Å². The molecule has 2 aromatic rings. The van der Waals surface area contributed by atoms with E-state index in [4.69, 9.17) is 22.1 Å². The van der Waals surface area contributed by atoms with Crippen LogP contribution in [0.1, 0.15) is 5.56 Å². The van der Waals surface area contributed by atoms with Crippen LogP contribution < -0.4 is 15.4 Å². The van der Waals surface area contributed by atoms with E-state index in [0.717, 1.165) is 20.2 Å². The lowest BCUT2D eigenvalue weighted by molar-refractivity contribution is -0.133. The molecule has 1 saturated heterocycles. The number of ether oxygens (including phenoxy) is 1. The number of nitrogens with zero attached hydrogens (tertiary/aromatic N) is 2. The van der Waals surface area contributed by atoms with Gasteiger partial charge in [0.05, 0.1) is 20.9 Å². The van der Waals surface area contributed by atoms with E-state index >= 15 is 0 Å². The van der Waals surface area contributed by atoms with Crippen molar-refractivity contribution in [1.29, 1.82) is 0 Å². The Hall–Kier alpha value is -1.44. The summed E-state index contributed by atoms with van der Waals surface area (Å²) in [4.78, 5) is 16.5. The number of halogens is 3. The third kappa shape index (κ3) is 4.70. The van der Waals surface area contributed by atoms with Gasteiger partial charge in [0, 0.05) is 30.7 Å². The molecule has 1 aliphatic rings. The lowest BCUT2D eigenvalue weighted by atomic mass is 10.2. The predicted molar refractivity (Wildman–Crippen MR) is 117 cm³/mol. The average molecular weight is 518 g/mol. The van der Waals surface area contributed by atoms with Gasteiger partial charge in [-0.05, 0) is 52.7 Å². The Morgan fingerprint density at radius 2 is 1.93 bits per heavy atom. The van der Waals surface area contributed by atoms with Crippen molar-refractivity contribution in [1.82, 2.24) is 4.90 Å². The van der Waals surface area contributed by atoms with Crippen molar-refractivity contribution in [2.75, 3.05) is 43.4 Å². The second-order valence-corrected chi connectivity index (χ2v) is 8.55. The van der Waals surface area contributed by atoms with Crippen molar-refractivity contribution < 1.29 is 9.53 Å². The lowest BCUT2D eigenvalue weighted by Gasteiger charge is -2.37. The monoisotopic (exact) mass is 515 g/mol. The Morgan fingerprint density at radius 1 is 1.22 bits per heavy atom. The molecular weight excluding hydrogens is 497 g/mol. The van der Waals surface area contributed by atoms with Crippen LogP contribution in [0, 0.1) is 6.92 Å². The molecule has 1 heterocycles. The van der Waals surface area contributed by atoms with Crippen LogP contribution in [0.15, 0.2) is 39.3 Å². The van der Waals surface area contributed by atoms with Crippen molar-refractivity contribution in [3.05, 3.63) is 49.9 Å². The summed E-state index contributed by atoms with van der Waals surface area (Å²) < 4.78 is 7.55. The van der Waals surface area contributed by atoms with Gasteiger partial charge < -0.3 is 20.3 Å². The topological polar surface area (TPSA) is 58.8 Å². The lowest BCUT2D eigenvalue weighted by Crippen LogP contribution is -2.50. The Morgan fingerprint density at radius 3 is 2.56 bits per heavy atom. The second kappa shape index (κ2) is 8.71. The fourth-order valence-corrected chi connectivity index (χ4v) is 5.00. The fraction of sp³-hybridized carbons (Fsp3) is 0.316. The van der Waals surface area contributed by atoms with Crippen molar-refractivity contribution in [3.8, 4) is 5.75 Å². The molecular formula is C19H20Br2ClN3O2. The smallest absolute Gasteiger partial charge is 0.260 e. The zero-order chi connectivity index (χ0) is 19.6. The van der Waals surface area contributed by atoms with E-state index < -0.39 is 0 Å². The van der Waals surface area contributed by atoms with E-state index in [1.165, 1.54) is 0 Å². The van der Waals surface area contributed by atoms with Crippen molar-refractivity contribution in [2.24, 2.45) is 0 Å². The Bertz CT molecular complexity index is 812. The number of rotatable bonds is 4. The van der Waals surface area contributed by atoms with E-state index in [2.05, 4.69) is 36.8 Å². The number of piperazine rings is 1. The average Bonchev–Trinajstić information content (AvgIpc) is 2.61. The quantitative estimate of drug-likeness (QED) is 0.608. The highest BCUT2D eigenvalue weighted by Crippen LogP contribution is 2.33. The number of amides is 1. The summed E-state index contributed by atoms with van der Waals surface area (Å²) >= 11 is 13.2. The number of para-hydroxylation sites is 1. The minimum Gasteiger partial charge on any atom is -0.482 e. The first-order chi connectivity index (χ1) is 12.9. The van der Waals surface area contributed by atoms with Crippen LogP contribution >= 0.6 is 43.5 Å². The maximum absolute atomic E-state index is 12.5. The number of carbonyl (C=O) groups is 1. The summed E-state index contributed by atoms with van der Waals surface area (Å²) in [6.07, 6.45) is 0. The molecule has 0 aliphatic carbocycles. The van der Waals surface area contributed by atoms with Gasteiger partial charge in [0.2, 0.25) is 0 Å². The molecule has 0 atom stereocenters. The van der Waals surface area contributed by atoms with Gasteiger partial charge in [-0.1, -0.05) is 33.6 Å². The summed E-state index contributed by atoms with van der Waals surface area (Å²) in [6.45, 7) is 4.53. The number of nitrogens with two attached hydrogens (primary N) is 1.